The number of benzene rings is 3. The number of carbonyl (C=O) groups is 4. The van der Waals surface area contributed by atoms with Crippen LogP contribution < -0.4 is 21.3 Å². The SMILES string of the molecule is CC(C)(C)NC(=O)c1ccccc1NC(=O)N[C@@H](Cc1ccc(NC(=O)c2c(Cl)cccc2Cl)cc1)C(=O)O. The summed E-state index contributed by atoms with van der Waals surface area (Å²) in [5, 5.41) is 20.6. The number of urea groups is 1. The smallest absolute Gasteiger partial charge is 0.326 e. The van der Waals surface area contributed by atoms with E-state index in [-0.39, 0.29) is 39.2 Å². The molecule has 0 saturated heterocycles. The third kappa shape index (κ3) is 8.46. The molecule has 9 nitrogen and oxygen atoms in total. The van der Waals surface area contributed by atoms with Crippen molar-refractivity contribution >= 4 is 58.4 Å². The number of halogens is 2. The fraction of sp³-hybridized carbons (Fsp3) is 0.214. The van der Waals surface area contributed by atoms with Crippen LogP contribution >= 0.6 is 23.2 Å². The van der Waals surface area contributed by atoms with E-state index < -0.39 is 29.5 Å². The molecule has 204 valence electrons. The summed E-state index contributed by atoms with van der Waals surface area (Å²) in [7, 11) is 0. The van der Waals surface area contributed by atoms with Gasteiger partial charge in [0.1, 0.15) is 6.04 Å². The second kappa shape index (κ2) is 12.6. The van der Waals surface area contributed by atoms with Gasteiger partial charge in [0, 0.05) is 17.6 Å². The molecule has 3 aromatic rings. The van der Waals surface area contributed by atoms with E-state index in [9.17, 15) is 24.3 Å². The molecule has 3 aromatic carbocycles. The van der Waals surface area contributed by atoms with Gasteiger partial charge in [-0.05, 0) is 62.7 Å². The van der Waals surface area contributed by atoms with E-state index in [0.29, 0.717) is 11.3 Å². The van der Waals surface area contributed by atoms with Crippen molar-refractivity contribution < 1.29 is 24.3 Å². The Morgan fingerprint density at radius 1 is 0.821 bits per heavy atom. The number of carboxylic acid groups (broad SMARTS) is 1. The van der Waals surface area contributed by atoms with Crippen molar-refractivity contribution in [1.29, 1.82) is 0 Å². The van der Waals surface area contributed by atoms with E-state index in [0.717, 1.165) is 0 Å². The molecule has 1 atom stereocenters. The summed E-state index contributed by atoms with van der Waals surface area (Å²) in [5.74, 6) is -2.11. The molecule has 0 unspecified atom stereocenters. The van der Waals surface area contributed by atoms with E-state index in [1.165, 1.54) is 0 Å². The van der Waals surface area contributed by atoms with E-state index in [4.69, 9.17) is 23.2 Å². The summed E-state index contributed by atoms with van der Waals surface area (Å²) in [6.07, 6.45) is -0.0283. The molecule has 0 spiro atoms. The first kappa shape index (κ1) is 29.5. The summed E-state index contributed by atoms with van der Waals surface area (Å²) < 4.78 is 0. The highest BCUT2D eigenvalue weighted by Crippen LogP contribution is 2.25. The van der Waals surface area contributed by atoms with Gasteiger partial charge in [-0.25, -0.2) is 9.59 Å². The second-order valence-corrected chi connectivity index (χ2v) is 10.5. The summed E-state index contributed by atoms with van der Waals surface area (Å²) >= 11 is 12.2. The third-order valence-corrected chi connectivity index (χ3v) is 5.98. The van der Waals surface area contributed by atoms with Crippen molar-refractivity contribution in [3.8, 4) is 0 Å². The number of anilines is 2. The Hall–Kier alpha value is -4.08. The molecule has 0 bridgehead atoms. The minimum Gasteiger partial charge on any atom is -0.480 e. The van der Waals surface area contributed by atoms with Gasteiger partial charge in [-0.15, -0.1) is 0 Å². The number of hydrogen-bond acceptors (Lipinski definition) is 4. The lowest BCUT2D eigenvalue weighted by Crippen LogP contribution is -2.45. The van der Waals surface area contributed by atoms with Gasteiger partial charge in [-0.2, -0.15) is 0 Å². The Kier molecular flexibility index (Phi) is 9.56. The Morgan fingerprint density at radius 3 is 2.03 bits per heavy atom. The molecule has 3 rings (SSSR count). The van der Waals surface area contributed by atoms with Gasteiger partial charge < -0.3 is 26.4 Å². The quantitative estimate of drug-likeness (QED) is 0.240. The summed E-state index contributed by atoms with van der Waals surface area (Å²) in [4.78, 5) is 49.7. The summed E-state index contributed by atoms with van der Waals surface area (Å²) in [6, 6.07) is 15.6. The van der Waals surface area contributed by atoms with Gasteiger partial charge in [-0.1, -0.05) is 53.5 Å². The molecule has 0 saturated carbocycles. The van der Waals surface area contributed by atoms with Crippen LogP contribution in [0.3, 0.4) is 0 Å². The van der Waals surface area contributed by atoms with Crippen LogP contribution in [0.4, 0.5) is 16.2 Å². The first-order chi connectivity index (χ1) is 18.3. The lowest BCUT2D eigenvalue weighted by molar-refractivity contribution is -0.139. The van der Waals surface area contributed by atoms with Crippen LogP contribution in [-0.2, 0) is 11.2 Å². The lowest BCUT2D eigenvalue weighted by atomic mass is 10.1. The molecule has 0 radical (unpaired) electrons. The van der Waals surface area contributed by atoms with E-state index in [2.05, 4.69) is 21.3 Å². The highest BCUT2D eigenvalue weighted by atomic mass is 35.5. The predicted octanol–water partition coefficient (Wildman–Crippen LogP) is 5.59. The monoisotopic (exact) mass is 570 g/mol. The van der Waals surface area contributed by atoms with E-state index in [1.807, 2.05) is 20.8 Å². The normalized spacial score (nSPS) is 11.7. The molecular weight excluding hydrogens is 543 g/mol. The Morgan fingerprint density at radius 2 is 1.44 bits per heavy atom. The van der Waals surface area contributed by atoms with Crippen LogP contribution in [0, 0.1) is 0 Å². The summed E-state index contributed by atoms with van der Waals surface area (Å²) in [6.45, 7) is 5.50. The fourth-order valence-electron chi connectivity index (χ4n) is 3.58. The molecule has 0 aliphatic rings. The van der Waals surface area contributed by atoms with Crippen LogP contribution in [0.5, 0.6) is 0 Å². The first-order valence-electron chi connectivity index (χ1n) is 11.9. The van der Waals surface area contributed by atoms with Crippen LogP contribution in [-0.4, -0.2) is 40.5 Å². The molecule has 0 fully saturated rings. The van der Waals surface area contributed by atoms with Gasteiger partial charge in [-0.3, -0.25) is 9.59 Å². The average molecular weight is 571 g/mol. The highest BCUT2D eigenvalue weighted by molar-refractivity contribution is 6.40. The van der Waals surface area contributed by atoms with Crippen molar-refractivity contribution in [3.63, 3.8) is 0 Å². The van der Waals surface area contributed by atoms with Gasteiger partial charge in [0.2, 0.25) is 0 Å². The molecule has 0 aliphatic heterocycles. The zero-order valence-corrected chi connectivity index (χ0v) is 23.0. The molecule has 5 N–H and O–H groups in total. The standard InChI is InChI=1S/C28H28Cl2N4O5/c1-28(2,3)34-24(35)18-7-4-5-10-21(18)32-27(39)33-22(26(37)38)15-16-11-13-17(14-12-16)31-25(36)23-19(29)8-6-9-20(23)30/h4-14,22H,15H2,1-3H3,(H,31,36)(H,34,35)(H,37,38)(H2,32,33,39)/t22-/m0/s1. The largest absolute Gasteiger partial charge is 0.480 e. The molecule has 0 heterocycles. The topological polar surface area (TPSA) is 137 Å². The number of nitrogens with one attached hydrogen (secondary N) is 4. The average Bonchev–Trinajstić information content (AvgIpc) is 2.84. The van der Waals surface area contributed by atoms with Crippen molar-refractivity contribution in [2.75, 3.05) is 10.6 Å². The predicted molar refractivity (Wildman–Crippen MR) is 152 cm³/mol. The van der Waals surface area contributed by atoms with E-state index >= 15 is 0 Å². The van der Waals surface area contributed by atoms with Crippen LogP contribution in [0.1, 0.15) is 47.1 Å². The molecule has 39 heavy (non-hydrogen) atoms. The van der Waals surface area contributed by atoms with Gasteiger partial charge in [0.15, 0.2) is 0 Å². The second-order valence-electron chi connectivity index (χ2n) is 9.69. The highest BCUT2D eigenvalue weighted by Gasteiger charge is 2.23. The maximum Gasteiger partial charge on any atom is 0.326 e. The molecule has 11 heteroatoms. The zero-order chi connectivity index (χ0) is 28.7. The number of para-hydroxylation sites is 1. The minimum atomic E-state index is -1.26. The van der Waals surface area contributed by atoms with Crippen LogP contribution in [0.25, 0.3) is 0 Å². The number of rotatable bonds is 8. The first-order valence-corrected chi connectivity index (χ1v) is 12.7. The molecule has 0 aliphatic carbocycles. The van der Waals surface area contributed by atoms with Crippen molar-refractivity contribution in [3.05, 3.63) is 93.5 Å². The van der Waals surface area contributed by atoms with Crippen LogP contribution in [0.2, 0.25) is 10.0 Å². The van der Waals surface area contributed by atoms with Crippen molar-refractivity contribution in [2.45, 2.75) is 38.8 Å². The number of hydrogen-bond donors (Lipinski definition) is 5. The number of carboxylic acids is 1. The Bertz CT molecular complexity index is 1370. The Balaban J connectivity index is 1.65. The Labute approximate surface area is 235 Å². The van der Waals surface area contributed by atoms with Crippen LogP contribution in [0.15, 0.2) is 66.7 Å². The zero-order valence-electron chi connectivity index (χ0n) is 21.5. The number of amides is 4. The fourth-order valence-corrected chi connectivity index (χ4v) is 4.15. The molecule has 0 aromatic heterocycles. The van der Waals surface area contributed by atoms with Crippen molar-refractivity contribution in [2.24, 2.45) is 0 Å². The van der Waals surface area contributed by atoms with Gasteiger partial charge in [0.25, 0.3) is 11.8 Å². The van der Waals surface area contributed by atoms with E-state index in [1.54, 1.807) is 66.7 Å². The number of carbonyl (C=O) groups excluding carboxylic acids is 3. The van der Waals surface area contributed by atoms with Gasteiger partial charge in [0.05, 0.1) is 26.9 Å². The maximum absolute atomic E-state index is 12.7. The number of aliphatic carboxylic acids is 1. The molecular formula is C28H28Cl2N4O5. The molecule has 4 amide bonds. The third-order valence-electron chi connectivity index (χ3n) is 5.35. The van der Waals surface area contributed by atoms with Gasteiger partial charge >= 0.3 is 12.0 Å². The van der Waals surface area contributed by atoms with Crippen molar-refractivity contribution in [1.82, 2.24) is 10.6 Å². The maximum atomic E-state index is 12.7. The summed E-state index contributed by atoms with van der Waals surface area (Å²) in [5.41, 5.74) is 1.18. The minimum absolute atomic E-state index is 0.0283. The lowest BCUT2D eigenvalue weighted by Gasteiger charge is -2.22.